The molecule has 2 amide bonds. The van der Waals surface area contributed by atoms with Crippen LogP contribution in [0.2, 0.25) is 0 Å². The second kappa shape index (κ2) is 5.23. The van der Waals surface area contributed by atoms with E-state index < -0.39 is 0 Å². The highest BCUT2D eigenvalue weighted by molar-refractivity contribution is 5.95. The summed E-state index contributed by atoms with van der Waals surface area (Å²) in [7, 11) is 0. The number of amides is 2. The van der Waals surface area contributed by atoms with Crippen molar-refractivity contribution in [2.45, 2.75) is 19.4 Å². The summed E-state index contributed by atoms with van der Waals surface area (Å²) >= 11 is 0. The maximum Gasteiger partial charge on any atom is 0.410 e. The van der Waals surface area contributed by atoms with Gasteiger partial charge in [-0.3, -0.25) is 14.5 Å². The van der Waals surface area contributed by atoms with Crippen LogP contribution in [0.3, 0.4) is 0 Å². The van der Waals surface area contributed by atoms with Crippen LogP contribution in [0.15, 0.2) is 16.9 Å². The molecule has 1 aromatic heterocycles. The summed E-state index contributed by atoms with van der Waals surface area (Å²) in [5, 5.41) is 0. The van der Waals surface area contributed by atoms with Crippen LogP contribution in [0, 0.1) is 0 Å². The molecule has 112 valence electrons. The molecule has 7 nitrogen and oxygen atoms in total. The van der Waals surface area contributed by atoms with E-state index in [4.69, 9.17) is 4.74 Å². The van der Waals surface area contributed by atoms with Crippen LogP contribution in [-0.2, 0) is 11.2 Å². The van der Waals surface area contributed by atoms with Crippen molar-refractivity contribution in [3.05, 3.63) is 33.7 Å². The van der Waals surface area contributed by atoms with Gasteiger partial charge in [-0.05, 0) is 12.5 Å². The van der Waals surface area contributed by atoms with Crippen molar-refractivity contribution in [2.24, 2.45) is 0 Å². The molecule has 0 aliphatic carbocycles. The average Bonchev–Trinajstić information content (AvgIpc) is 2.87. The first-order valence-corrected chi connectivity index (χ1v) is 7.05. The molecule has 3 heterocycles. The van der Waals surface area contributed by atoms with Crippen LogP contribution in [0.4, 0.5) is 4.79 Å². The number of piperazine rings is 1. The molecular weight excluding hydrogens is 274 g/mol. The maximum absolute atomic E-state index is 12.6. The minimum atomic E-state index is -0.301. The van der Waals surface area contributed by atoms with Gasteiger partial charge >= 0.3 is 6.09 Å². The number of aryl methyl sites for hydroxylation is 1. The smallest absolute Gasteiger partial charge is 0.410 e. The molecule has 0 spiro atoms. The monoisotopic (exact) mass is 291 g/mol. The van der Waals surface area contributed by atoms with E-state index in [0.717, 1.165) is 0 Å². The first kappa shape index (κ1) is 13.7. The predicted octanol–water partition coefficient (Wildman–Crippen LogP) is 0.214. The summed E-state index contributed by atoms with van der Waals surface area (Å²) in [4.78, 5) is 41.5. The van der Waals surface area contributed by atoms with Gasteiger partial charge in [-0.1, -0.05) is 6.92 Å². The van der Waals surface area contributed by atoms with Crippen LogP contribution in [0.1, 0.15) is 23.0 Å². The first-order chi connectivity index (χ1) is 10.1. The third-order valence-corrected chi connectivity index (χ3v) is 3.99. The SMILES string of the molecule is CCc1[nH]c(=O)ccc1C(=O)N1CCN2C(=O)OCC2C1. The van der Waals surface area contributed by atoms with Crippen LogP contribution >= 0.6 is 0 Å². The van der Waals surface area contributed by atoms with Crippen molar-refractivity contribution in [1.82, 2.24) is 14.8 Å². The standard InChI is InChI=1S/C14H17N3O4/c1-2-11-10(3-4-12(18)15-11)13(19)16-5-6-17-9(7-16)8-21-14(17)20/h3-4,9H,2,5-8H2,1H3,(H,15,18). The number of rotatable bonds is 2. The van der Waals surface area contributed by atoms with Crippen molar-refractivity contribution in [3.8, 4) is 0 Å². The average molecular weight is 291 g/mol. The van der Waals surface area contributed by atoms with E-state index in [1.165, 1.54) is 6.07 Å². The fourth-order valence-corrected chi connectivity index (χ4v) is 2.84. The van der Waals surface area contributed by atoms with Gasteiger partial charge in [-0.25, -0.2) is 4.79 Å². The summed E-state index contributed by atoms with van der Waals surface area (Å²) < 4.78 is 5.00. The number of nitrogens with one attached hydrogen (secondary N) is 1. The molecule has 1 atom stereocenters. The number of hydrogen-bond donors (Lipinski definition) is 1. The van der Waals surface area contributed by atoms with Gasteiger partial charge in [0.25, 0.3) is 5.91 Å². The number of H-pyrrole nitrogens is 1. The Morgan fingerprint density at radius 3 is 2.95 bits per heavy atom. The minimum Gasteiger partial charge on any atom is -0.447 e. The normalized spacial score (nSPS) is 21.2. The number of aromatic amines is 1. The summed E-state index contributed by atoms with van der Waals surface area (Å²) in [5.41, 5.74) is 0.965. The Hall–Kier alpha value is -2.31. The number of cyclic esters (lactones) is 1. The summed E-state index contributed by atoms with van der Waals surface area (Å²) in [5.74, 6) is -0.109. The number of pyridine rings is 1. The van der Waals surface area contributed by atoms with Gasteiger partial charge in [-0.15, -0.1) is 0 Å². The summed E-state index contributed by atoms with van der Waals surface area (Å²) in [6, 6.07) is 2.87. The highest BCUT2D eigenvalue weighted by Gasteiger charge is 2.39. The Labute approximate surface area is 121 Å². The van der Waals surface area contributed by atoms with Gasteiger partial charge in [0.1, 0.15) is 6.61 Å². The van der Waals surface area contributed by atoms with Crippen molar-refractivity contribution >= 4 is 12.0 Å². The molecule has 2 fully saturated rings. The minimum absolute atomic E-state index is 0.0666. The fourth-order valence-electron chi connectivity index (χ4n) is 2.84. The van der Waals surface area contributed by atoms with E-state index in [1.54, 1.807) is 15.9 Å². The molecule has 21 heavy (non-hydrogen) atoms. The summed E-state index contributed by atoms with van der Waals surface area (Å²) in [6.07, 6.45) is 0.285. The quantitative estimate of drug-likeness (QED) is 0.844. The Morgan fingerprint density at radius 1 is 1.38 bits per heavy atom. The van der Waals surface area contributed by atoms with Gasteiger partial charge in [0.2, 0.25) is 5.56 Å². The van der Waals surface area contributed by atoms with Crippen molar-refractivity contribution < 1.29 is 14.3 Å². The zero-order valence-electron chi connectivity index (χ0n) is 11.8. The number of ether oxygens (including phenoxy) is 1. The number of nitrogens with zero attached hydrogens (tertiary/aromatic N) is 2. The number of hydrogen-bond acceptors (Lipinski definition) is 4. The van der Waals surface area contributed by atoms with Crippen LogP contribution in [-0.4, -0.2) is 59.1 Å². The zero-order chi connectivity index (χ0) is 15.0. The predicted molar refractivity (Wildman–Crippen MR) is 74.2 cm³/mol. The molecule has 1 N–H and O–H groups in total. The van der Waals surface area contributed by atoms with E-state index in [1.807, 2.05) is 6.92 Å². The van der Waals surface area contributed by atoms with Crippen molar-refractivity contribution in [2.75, 3.05) is 26.2 Å². The Balaban J connectivity index is 1.80. The van der Waals surface area contributed by atoms with Gasteiger partial charge in [-0.2, -0.15) is 0 Å². The lowest BCUT2D eigenvalue weighted by atomic mass is 10.1. The van der Waals surface area contributed by atoms with E-state index in [9.17, 15) is 14.4 Å². The number of fused-ring (bicyclic) bond motifs is 1. The zero-order valence-corrected chi connectivity index (χ0v) is 11.8. The van der Waals surface area contributed by atoms with Gasteiger partial charge in [0.15, 0.2) is 0 Å². The van der Waals surface area contributed by atoms with Crippen molar-refractivity contribution in [3.63, 3.8) is 0 Å². The second-order valence-corrected chi connectivity index (χ2v) is 5.24. The Morgan fingerprint density at radius 2 is 2.19 bits per heavy atom. The highest BCUT2D eigenvalue weighted by Crippen LogP contribution is 2.19. The topological polar surface area (TPSA) is 82.7 Å². The lowest BCUT2D eigenvalue weighted by Crippen LogP contribution is -2.53. The lowest BCUT2D eigenvalue weighted by Gasteiger charge is -2.35. The number of carbonyl (C=O) groups is 2. The molecule has 2 aliphatic rings. The highest BCUT2D eigenvalue weighted by atomic mass is 16.6. The molecular formula is C14H17N3O4. The molecule has 2 saturated heterocycles. The second-order valence-electron chi connectivity index (χ2n) is 5.24. The Bertz CT molecular complexity index is 639. The van der Waals surface area contributed by atoms with Gasteiger partial charge in [0, 0.05) is 31.4 Å². The molecule has 2 aliphatic heterocycles. The van der Waals surface area contributed by atoms with Gasteiger partial charge in [0.05, 0.1) is 11.6 Å². The van der Waals surface area contributed by atoms with E-state index >= 15 is 0 Å². The molecule has 7 heteroatoms. The van der Waals surface area contributed by atoms with E-state index in [-0.39, 0.29) is 23.6 Å². The maximum atomic E-state index is 12.6. The molecule has 0 bridgehead atoms. The molecule has 1 aromatic rings. The number of carbonyl (C=O) groups excluding carboxylic acids is 2. The lowest BCUT2D eigenvalue weighted by molar-refractivity contribution is 0.0615. The van der Waals surface area contributed by atoms with E-state index in [0.29, 0.717) is 43.9 Å². The third-order valence-electron chi connectivity index (χ3n) is 3.99. The fraction of sp³-hybridized carbons (Fsp3) is 0.500. The molecule has 3 rings (SSSR count). The number of aromatic nitrogens is 1. The largest absolute Gasteiger partial charge is 0.447 e. The van der Waals surface area contributed by atoms with Crippen molar-refractivity contribution in [1.29, 1.82) is 0 Å². The molecule has 0 aromatic carbocycles. The van der Waals surface area contributed by atoms with Gasteiger partial charge < -0.3 is 14.6 Å². The Kier molecular flexibility index (Phi) is 3.40. The molecule has 1 unspecified atom stereocenters. The van der Waals surface area contributed by atoms with Crippen LogP contribution in [0.25, 0.3) is 0 Å². The van der Waals surface area contributed by atoms with E-state index in [2.05, 4.69) is 4.98 Å². The summed E-state index contributed by atoms with van der Waals surface area (Å²) in [6.45, 7) is 3.65. The van der Waals surface area contributed by atoms with Crippen LogP contribution in [0.5, 0.6) is 0 Å². The van der Waals surface area contributed by atoms with Crippen LogP contribution < -0.4 is 5.56 Å². The molecule has 0 radical (unpaired) electrons. The third kappa shape index (κ3) is 2.39. The first-order valence-electron chi connectivity index (χ1n) is 7.05. The molecule has 0 saturated carbocycles.